The summed E-state index contributed by atoms with van der Waals surface area (Å²) < 4.78 is 16.5. The third-order valence-electron chi connectivity index (χ3n) is 5.46. The Morgan fingerprint density at radius 1 is 1.12 bits per heavy atom. The molecule has 26 heavy (non-hydrogen) atoms. The van der Waals surface area contributed by atoms with E-state index in [2.05, 4.69) is 12.2 Å². The van der Waals surface area contributed by atoms with Gasteiger partial charge in [0.2, 0.25) is 12.7 Å². The van der Waals surface area contributed by atoms with Gasteiger partial charge in [-0.15, -0.1) is 0 Å². The highest BCUT2D eigenvalue weighted by atomic mass is 16.7. The van der Waals surface area contributed by atoms with Crippen LogP contribution in [0.5, 0.6) is 11.5 Å². The highest BCUT2D eigenvalue weighted by Gasteiger charge is 2.41. The summed E-state index contributed by atoms with van der Waals surface area (Å²) in [6.07, 6.45) is 8.26. The van der Waals surface area contributed by atoms with Crippen LogP contribution >= 0.6 is 0 Å². The molecule has 1 amide bonds. The first-order valence-electron chi connectivity index (χ1n) is 10.0. The Kier molecular flexibility index (Phi) is 6.78. The summed E-state index contributed by atoms with van der Waals surface area (Å²) in [5, 5.41) is 3.16. The third kappa shape index (κ3) is 4.32. The normalized spacial score (nSPS) is 17.9. The van der Waals surface area contributed by atoms with Crippen LogP contribution in [0.1, 0.15) is 63.9 Å². The highest BCUT2D eigenvalue weighted by Crippen LogP contribution is 2.43. The van der Waals surface area contributed by atoms with Gasteiger partial charge in [-0.1, -0.05) is 38.7 Å². The van der Waals surface area contributed by atoms with Crippen LogP contribution in [-0.2, 0) is 14.9 Å². The van der Waals surface area contributed by atoms with Crippen LogP contribution in [0.3, 0.4) is 0 Å². The Balaban J connectivity index is 1.61. The molecule has 1 aromatic carbocycles. The van der Waals surface area contributed by atoms with Crippen molar-refractivity contribution in [2.45, 2.75) is 63.7 Å². The first-order chi connectivity index (χ1) is 12.8. The Morgan fingerprint density at radius 3 is 2.69 bits per heavy atom. The van der Waals surface area contributed by atoms with Crippen molar-refractivity contribution in [3.63, 3.8) is 0 Å². The van der Waals surface area contributed by atoms with Crippen LogP contribution in [0, 0.1) is 0 Å². The first kappa shape index (κ1) is 19.0. The van der Waals surface area contributed by atoms with Crippen molar-refractivity contribution in [1.82, 2.24) is 5.32 Å². The van der Waals surface area contributed by atoms with E-state index in [4.69, 9.17) is 14.2 Å². The van der Waals surface area contributed by atoms with Gasteiger partial charge in [-0.3, -0.25) is 4.79 Å². The van der Waals surface area contributed by atoms with Crippen LogP contribution in [0.2, 0.25) is 0 Å². The smallest absolute Gasteiger partial charge is 0.231 e. The molecule has 5 nitrogen and oxygen atoms in total. The monoisotopic (exact) mass is 361 g/mol. The fourth-order valence-electron chi connectivity index (χ4n) is 3.89. The van der Waals surface area contributed by atoms with Crippen molar-refractivity contribution in [3.8, 4) is 11.5 Å². The number of amides is 1. The number of rotatable bonds is 9. The van der Waals surface area contributed by atoms with Crippen LogP contribution in [0.25, 0.3) is 0 Å². The van der Waals surface area contributed by atoms with E-state index in [1.54, 1.807) is 0 Å². The molecule has 1 saturated carbocycles. The molecule has 144 valence electrons. The van der Waals surface area contributed by atoms with Crippen molar-refractivity contribution in [2.75, 3.05) is 26.6 Å². The minimum atomic E-state index is -0.442. The van der Waals surface area contributed by atoms with Crippen LogP contribution < -0.4 is 14.8 Å². The van der Waals surface area contributed by atoms with E-state index >= 15 is 0 Å². The maximum absolute atomic E-state index is 13.1. The summed E-state index contributed by atoms with van der Waals surface area (Å²) in [7, 11) is 0. The second kappa shape index (κ2) is 9.26. The van der Waals surface area contributed by atoms with E-state index in [0.29, 0.717) is 13.2 Å². The number of benzene rings is 1. The van der Waals surface area contributed by atoms with Crippen molar-refractivity contribution >= 4 is 5.91 Å². The molecule has 0 atom stereocenters. The molecule has 0 spiro atoms. The Morgan fingerprint density at radius 2 is 1.88 bits per heavy atom. The maximum Gasteiger partial charge on any atom is 0.231 e. The van der Waals surface area contributed by atoms with Crippen molar-refractivity contribution in [1.29, 1.82) is 0 Å². The van der Waals surface area contributed by atoms with Gasteiger partial charge in [-0.2, -0.15) is 0 Å². The predicted octanol–water partition coefficient (Wildman–Crippen LogP) is 3.94. The largest absolute Gasteiger partial charge is 0.454 e. The molecule has 0 saturated heterocycles. The zero-order chi connectivity index (χ0) is 18.2. The number of fused-ring (bicyclic) bond motifs is 1. The van der Waals surface area contributed by atoms with Gasteiger partial charge in [0.05, 0.1) is 5.41 Å². The second-order valence-corrected chi connectivity index (χ2v) is 7.29. The molecular formula is C21H31NO4. The molecule has 1 aromatic rings. The van der Waals surface area contributed by atoms with Crippen LogP contribution in [-0.4, -0.2) is 32.5 Å². The average Bonchev–Trinajstić information content (AvgIpc) is 3.15. The molecule has 3 rings (SSSR count). The summed E-state index contributed by atoms with van der Waals surface area (Å²) in [6.45, 7) is 4.60. The zero-order valence-electron chi connectivity index (χ0n) is 15.9. The number of ether oxygens (including phenoxy) is 3. The fraction of sp³-hybridized carbons (Fsp3) is 0.667. The quantitative estimate of drug-likeness (QED) is 0.677. The van der Waals surface area contributed by atoms with E-state index in [0.717, 1.165) is 68.6 Å². The number of unbranched alkanes of at least 4 members (excludes halogenated alkanes) is 1. The van der Waals surface area contributed by atoms with E-state index in [1.165, 1.54) is 6.42 Å². The SMILES string of the molecule is CCCCOCCCNC(=O)C1(c2ccc3c(c2)OCO3)CCCCC1. The first-order valence-corrected chi connectivity index (χ1v) is 10.0. The van der Waals surface area contributed by atoms with Crippen molar-refractivity contribution in [3.05, 3.63) is 23.8 Å². The number of hydrogen-bond donors (Lipinski definition) is 1. The van der Waals surface area contributed by atoms with Gasteiger partial charge >= 0.3 is 0 Å². The molecule has 0 aromatic heterocycles. The fourth-order valence-corrected chi connectivity index (χ4v) is 3.89. The number of carbonyl (C=O) groups is 1. The zero-order valence-corrected chi connectivity index (χ0v) is 15.9. The summed E-state index contributed by atoms with van der Waals surface area (Å²) in [5.41, 5.74) is 0.612. The lowest BCUT2D eigenvalue weighted by Crippen LogP contribution is -2.46. The predicted molar refractivity (Wildman–Crippen MR) is 101 cm³/mol. The lowest BCUT2D eigenvalue weighted by Gasteiger charge is -2.36. The summed E-state index contributed by atoms with van der Waals surface area (Å²) in [6, 6.07) is 5.97. The lowest BCUT2D eigenvalue weighted by molar-refractivity contribution is -0.128. The van der Waals surface area contributed by atoms with Crippen LogP contribution in [0.4, 0.5) is 0 Å². The van der Waals surface area contributed by atoms with Gasteiger partial charge in [0.25, 0.3) is 0 Å². The summed E-state index contributed by atoms with van der Waals surface area (Å²) >= 11 is 0. The Hall–Kier alpha value is -1.75. The summed E-state index contributed by atoms with van der Waals surface area (Å²) in [4.78, 5) is 13.1. The second-order valence-electron chi connectivity index (χ2n) is 7.29. The molecule has 5 heteroatoms. The molecule has 1 heterocycles. The van der Waals surface area contributed by atoms with Gasteiger partial charge in [-0.25, -0.2) is 0 Å². The van der Waals surface area contributed by atoms with E-state index in [-0.39, 0.29) is 12.7 Å². The highest BCUT2D eigenvalue weighted by molar-refractivity contribution is 5.88. The molecule has 1 aliphatic heterocycles. The van der Waals surface area contributed by atoms with Crippen LogP contribution in [0.15, 0.2) is 18.2 Å². The average molecular weight is 361 g/mol. The molecule has 0 radical (unpaired) electrons. The van der Waals surface area contributed by atoms with Gasteiger partial charge in [0, 0.05) is 19.8 Å². The molecule has 0 bridgehead atoms. The summed E-state index contributed by atoms with van der Waals surface area (Å²) in [5.74, 6) is 1.67. The van der Waals surface area contributed by atoms with Gasteiger partial charge in [0.15, 0.2) is 11.5 Å². The minimum Gasteiger partial charge on any atom is -0.454 e. The third-order valence-corrected chi connectivity index (χ3v) is 5.46. The molecule has 2 aliphatic rings. The van der Waals surface area contributed by atoms with Crippen molar-refractivity contribution in [2.24, 2.45) is 0 Å². The lowest BCUT2D eigenvalue weighted by atomic mass is 9.68. The van der Waals surface area contributed by atoms with E-state index in [9.17, 15) is 4.79 Å². The maximum atomic E-state index is 13.1. The Labute approximate surface area is 156 Å². The van der Waals surface area contributed by atoms with Gasteiger partial charge in [0.1, 0.15) is 0 Å². The van der Waals surface area contributed by atoms with E-state index in [1.807, 2.05) is 18.2 Å². The van der Waals surface area contributed by atoms with Gasteiger partial charge < -0.3 is 19.5 Å². The minimum absolute atomic E-state index is 0.143. The Bertz CT molecular complexity index is 596. The standard InChI is InChI=1S/C21H31NO4/c1-2-3-13-24-14-7-12-22-20(23)21(10-5-4-6-11-21)17-8-9-18-19(15-17)26-16-25-18/h8-9,15H,2-7,10-14,16H2,1H3,(H,22,23). The molecule has 1 fully saturated rings. The molecule has 0 unspecified atom stereocenters. The van der Waals surface area contributed by atoms with E-state index < -0.39 is 5.41 Å². The van der Waals surface area contributed by atoms with Crippen molar-refractivity contribution < 1.29 is 19.0 Å². The number of hydrogen-bond acceptors (Lipinski definition) is 4. The number of carbonyl (C=O) groups excluding carboxylic acids is 1. The molecule has 1 N–H and O–H groups in total. The molecule has 1 aliphatic carbocycles. The van der Waals surface area contributed by atoms with Gasteiger partial charge in [-0.05, 0) is 43.4 Å². The topological polar surface area (TPSA) is 56.8 Å². The number of nitrogens with one attached hydrogen (secondary N) is 1. The molecular weight excluding hydrogens is 330 g/mol.